The highest BCUT2D eigenvalue weighted by Gasteiger charge is 2.17. The molecule has 0 radical (unpaired) electrons. The lowest BCUT2D eigenvalue weighted by atomic mass is 10.3. The second-order valence-electron chi connectivity index (χ2n) is 3.31. The van der Waals surface area contributed by atoms with Crippen LogP contribution in [0.1, 0.15) is 0 Å². The van der Waals surface area contributed by atoms with E-state index in [0.29, 0.717) is 22.3 Å². The molecule has 0 aromatic heterocycles. The van der Waals surface area contributed by atoms with Gasteiger partial charge in [0.15, 0.2) is 11.5 Å². The molecular formula is C11H11ClFNO3. The van der Waals surface area contributed by atoms with E-state index in [9.17, 15) is 4.39 Å². The summed E-state index contributed by atoms with van der Waals surface area (Å²) in [5.41, 5.74) is 5.17. The number of hydrogen-bond donors (Lipinski definition) is 1. The molecule has 17 heavy (non-hydrogen) atoms. The maximum atomic E-state index is 13.1. The van der Waals surface area contributed by atoms with Gasteiger partial charge in [-0.3, -0.25) is 0 Å². The maximum Gasteiger partial charge on any atom is 0.231 e. The number of ether oxygens (including phenoxy) is 3. The quantitative estimate of drug-likeness (QED) is 0.901. The van der Waals surface area contributed by atoms with Gasteiger partial charge in [0, 0.05) is 18.7 Å². The number of benzene rings is 1. The third-order valence-corrected chi connectivity index (χ3v) is 2.43. The van der Waals surface area contributed by atoms with Crippen molar-refractivity contribution in [3.8, 4) is 17.2 Å². The van der Waals surface area contributed by atoms with Crippen LogP contribution >= 0.6 is 11.6 Å². The van der Waals surface area contributed by atoms with Crippen molar-refractivity contribution in [3.05, 3.63) is 29.1 Å². The molecule has 4 nitrogen and oxygen atoms in total. The molecule has 0 saturated heterocycles. The summed E-state index contributed by atoms with van der Waals surface area (Å²) in [5, 5.41) is 0.342. The van der Waals surface area contributed by atoms with Gasteiger partial charge in [0.05, 0.1) is 5.02 Å². The third kappa shape index (κ3) is 2.81. The molecule has 0 atom stereocenters. The second-order valence-corrected chi connectivity index (χ2v) is 3.72. The highest BCUT2D eigenvalue weighted by Crippen LogP contribution is 2.40. The molecule has 0 unspecified atom stereocenters. The van der Waals surface area contributed by atoms with E-state index in [1.165, 1.54) is 6.08 Å². The van der Waals surface area contributed by atoms with E-state index in [2.05, 4.69) is 0 Å². The molecule has 0 saturated carbocycles. The number of rotatable bonds is 4. The van der Waals surface area contributed by atoms with Gasteiger partial charge in [-0.25, -0.2) is 4.39 Å². The van der Waals surface area contributed by atoms with E-state index in [1.54, 1.807) is 12.1 Å². The minimum atomic E-state index is -0.443. The lowest BCUT2D eigenvalue weighted by molar-refractivity contribution is 0.173. The first-order chi connectivity index (χ1) is 8.20. The zero-order chi connectivity index (χ0) is 12.3. The molecule has 0 aliphatic carbocycles. The average Bonchev–Trinajstić information content (AvgIpc) is 2.73. The van der Waals surface area contributed by atoms with E-state index in [-0.39, 0.29) is 19.9 Å². The molecule has 1 aromatic rings. The van der Waals surface area contributed by atoms with Gasteiger partial charge in [-0.1, -0.05) is 11.6 Å². The number of hydrogen-bond acceptors (Lipinski definition) is 4. The fraction of sp³-hybridized carbons (Fsp3) is 0.273. The Kier molecular flexibility index (Phi) is 3.71. The van der Waals surface area contributed by atoms with Crippen molar-refractivity contribution in [2.75, 3.05) is 19.9 Å². The molecule has 2 N–H and O–H groups in total. The number of halogens is 2. The largest absolute Gasteiger partial charge is 0.485 e. The molecule has 92 valence electrons. The molecule has 6 heteroatoms. The van der Waals surface area contributed by atoms with Gasteiger partial charge in [-0.05, 0) is 6.08 Å². The molecule has 1 aliphatic heterocycles. The van der Waals surface area contributed by atoms with Crippen molar-refractivity contribution >= 4 is 11.6 Å². The third-order valence-electron chi connectivity index (χ3n) is 2.13. The summed E-state index contributed by atoms with van der Waals surface area (Å²) < 4.78 is 28.6. The number of nitrogens with two attached hydrogens (primary N) is 1. The van der Waals surface area contributed by atoms with Crippen LogP contribution < -0.4 is 19.9 Å². The first-order valence-electron chi connectivity index (χ1n) is 4.97. The van der Waals surface area contributed by atoms with Crippen LogP contribution in [0.15, 0.2) is 24.0 Å². The van der Waals surface area contributed by atoms with Crippen molar-refractivity contribution in [1.82, 2.24) is 0 Å². The van der Waals surface area contributed by atoms with Crippen molar-refractivity contribution in [3.63, 3.8) is 0 Å². The Morgan fingerprint density at radius 3 is 2.88 bits per heavy atom. The highest BCUT2D eigenvalue weighted by atomic mass is 35.5. The Balaban J connectivity index is 2.09. The monoisotopic (exact) mass is 259 g/mol. The van der Waals surface area contributed by atoms with Crippen molar-refractivity contribution in [2.24, 2.45) is 5.73 Å². The van der Waals surface area contributed by atoms with Gasteiger partial charge in [0.1, 0.15) is 18.2 Å². The molecule has 1 aromatic carbocycles. The molecule has 1 heterocycles. The zero-order valence-corrected chi connectivity index (χ0v) is 9.67. The van der Waals surface area contributed by atoms with Crippen LogP contribution in [0.3, 0.4) is 0 Å². The maximum absolute atomic E-state index is 13.1. The minimum absolute atomic E-state index is 0.129. The van der Waals surface area contributed by atoms with Crippen LogP contribution in [0.4, 0.5) is 4.39 Å². The van der Waals surface area contributed by atoms with Gasteiger partial charge in [-0.2, -0.15) is 0 Å². The van der Waals surface area contributed by atoms with Gasteiger partial charge < -0.3 is 19.9 Å². The van der Waals surface area contributed by atoms with Crippen LogP contribution in [0, 0.1) is 0 Å². The molecule has 0 amide bonds. The normalized spacial score (nSPS) is 13.9. The van der Waals surface area contributed by atoms with Gasteiger partial charge >= 0.3 is 0 Å². The first-order valence-corrected chi connectivity index (χ1v) is 5.35. The summed E-state index contributed by atoms with van der Waals surface area (Å²) in [6, 6.07) is 3.14. The van der Waals surface area contributed by atoms with Crippen molar-refractivity contribution in [2.45, 2.75) is 0 Å². The summed E-state index contributed by atoms with van der Waals surface area (Å²) in [7, 11) is 0. The SMILES string of the molecule is NC/C=C(/F)COc1cc2c(cc1Cl)OCO2. The van der Waals surface area contributed by atoms with E-state index in [0.717, 1.165) is 0 Å². The van der Waals surface area contributed by atoms with Gasteiger partial charge in [0.25, 0.3) is 0 Å². The molecule has 1 aliphatic rings. The molecule has 0 spiro atoms. The lowest BCUT2D eigenvalue weighted by Gasteiger charge is -2.07. The Morgan fingerprint density at radius 2 is 2.18 bits per heavy atom. The fourth-order valence-electron chi connectivity index (χ4n) is 1.34. The van der Waals surface area contributed by atoms with Crippen LogP contribution in [0.2, 0.25) is 5.02 Å². The Hall–Kier alpha value is -1.46. The highest BCUT2D eigenvalue weighted by molar-refractivity contribution is 6.32. The predicted molar refractivity (Wildman–Crippen MR) is 61.3 cm³/mol. The fourth-order valence-corrected chi connectivity index (χ4v) is 1.55. The average molecular weight is 260 g/mol. The second kappa shape index (κ2) is 5.25. The Morgan fingerprint density at radius 1 is 1.47 bits per heavy atom. The van der Waals surface area contributed by atoms with Gasteiger partial charge in [0.2, 0.25) is 6.79 Å². The minimum Gasteiger partial charge on any atom is -0.485 e. The summed E-state index contributed by atoms with van der Waals surface area (Å²) in [5.74, 6) is 0.991. The summed E-state index contributed by atoms with van der Waals surface area (Å²) in [6.07, 6.45) is 1.24. The topological polar surface area (TPSA) is 53.7 Å². The standard InChI is InChI=1S/C11H11ClFNO3/c12-8-3-10-11(17-6-16-10)4-9(8)15-5-7(13)1-2-14/h1,3-4H,2,5-6,14H2/b7-1+. The Labute approximate surface area is 103 Å². The van der Waals surface area contributed by atoms with Crippen LogP contribution in [0.25, 0.3) is 0 Å². The molecule has 2 rings (SSSR count). The van der Waals surface area contributed by atoms with E-state index in [1.807, 2.05) is 0 Å². The van der Waals surface area contributed by atoms with Crippen molar-refractivity contribution < 1.29 is 18.6 Å². The molecular weight excluding hydrogens is 249 g/mol. The summed E-state index contributed by atoms with van der Waals surface area (Å²) in [6.45, 7) is 0.0666. The number of fused-ring (bicyclic) bond motifs is 1. The zero-order valence-electron chi connectivity index (χ0n) is 8.91. The van der Waals surface area contributed by atoms with E-state index >= 15 is 0 Å². The van der Waals surface area contributed by atoms with Crippen LogP contribution in [0.5, 0.6) is 17.2 Å². The van der Waals surface area contributed by atoms with Crippen LogP contribution in [-0.4, -0.2) is 19.9 Å². The molecule has 0 fully saturated rings. The van der Waals surface area contributed by atoms with Crippen LogP contribution in [-0.2, 0) is 0 Å². The van der Waals surface area contributed by atoms with Crippen molar-refractivity contribution in [1.29, 1.82) is 0 Å². The lowest BCUT2D eigenvalue weighted by Crippen LogP contribution is -2.01. The summed E-state index contributed by atoms with van der Waals surface area (Å²) >= 11 is 5.94. The smallest absolute Gasteiger partial charge is 0.231 e. The predicted octanol–water partition coefficient (Wildman–Crippen LogP) is 2.26. The molecule has 0 bridgehead atoms. The van der Waals surface area contributed by atoms with E-state index in [4.69, 9.17) is 31.5 Å². The Bertz CT molecular complexity index is 451. The first kappa shape index (κ1) is 12.0. The van der Waals surface area contributed by atoms with E-state index < -0.39 is 5.83 Å². The summed E-state index contributed by atoms with van der Waals surface area (Å²) in [4.78, 5) is 0. The van der Waals surface area contributed by atoms with Gasteiger partial charge in [-0.15, -0.1) is 0 Å².